The summed E-state index contributed by atoms with van der Waals surface area (Å²) >= 11 is 0. The molecule has 108 valence electrons. The van der Waals surface area contributed by atoms with Crippen molar-refractivity contribution in [3.05, 3.63) is 34.9 Å². The number of hydrogen-bond donors (Lipinski definition) is 2. The molecule has 1 aromatic carbocycles. The molecule has 0 saturated heterocycles. The van der Waals surface area contributed by atoms with Gasteiger partial charge in [0.15, 0.2) is 0 Å². The summed E-state index contributed by atoms with van der Waals surface area (Å²) in [4.78, 5) is 0. The summed E-state index contributed by atoms with van der Waals surface area (Å²) in [5.74, 6) is 0. The fourth-order valence-corrected chi connectivity index (χ4v) is 2.25. The van der Waals surface area contributed by atoms with Crippen LogP contribution in [0.4, 0.5) is 0 Å². The summed E-state index contributed by atoms with van der Waals surface area (Å²) in [5, 5.41) is 6.91. The van der Waals surface area contributed by atoms with E-state index in [1.165, 1.54) is 16.7 Å². The maximum Gasteiger partial charge on any atom is 0.0447 e. The van der Waals surface area contributed by atoms with Crippen molar-refractivity contribution in [3.8, 4) is 0 Å². The first-order valence-electron chi connectivity index (χ1n) is 7.27. The first-order valence-corrected chi connectivity index (χ1v) is 7.27. The normalized spacial score (nSPS) is 13.9. The topological polar surface area (TPSA) is 24.1 Å². The average Bonchev–Trinajstić information content (AvgIpc) is 2.29. The van der Waals surface area contributed by atoms with Gasteiger partial charge in [-0.1, -0.05) is 52.8 Å². The highest BCUT2D eigenvalue weighted by Crippen LogP contribution is 2.26. The van der Waals surface area contributed by atoms with Crippen LogP contribution in [0.1, 0.15) is 57.4 Å². The van der Waals surface area contributed by atoms with E-state index >= 15 is 0 Å². The van der Waals surface area contributed by atoms with Crippen molar-refractivity contribution in [1.29, 1.82) is 0 Å². The molecule has 0 saturated carbocycles. The van der Waals surface area contributed by atoms with Crippen LogP contribution in [0.5, 0.6) is 0 Å². The van der Waals surface area contributed by atoms with Crippen LogP contribution in [0, 0.1) is 6.92 Å². The molecule has 0 radical (unpaired) electrons. The van der Waals surface area contributed by atoms with Crippen LogP contribution < -0.4 is 10.6 Å². The van der Waals surface area contributed by atoms with Crippen molar-refractivity contribution in [2.75, 3.05) is 13.6 Å². The molecule has 1 rings (SSSR count). The third-order valence-corrected chi connectivity index (χ3v) is 3.59. The first kappa shape index (κ1) is 16.2. The Hall–Kier alpha value is -0.860. The van der Waals surface area contributed by atoms with Gasteiger partial charge < -0.3 is 10.6 Å². The second kappa shape index (κ2) is 6.53. The molecule has 0 spiro atoms. The van der Waals surface area contributed by atoms with Crippen LogP contribution in [0.15, 0.2) is 18.2 Å². The van der Waals surface area contributed by atoms with Gasteiger partial charge in [-0.15, -0.1) is 0 Å². The van der Waals surface area contributed by atoms with Crippen LogP contribution in [-0.4, -0.2) is 19.6 Å². The van der Waals surface area contributed by atoms with Gasteiger partial charge in [-0.2, -0.15) is 0 Å². The molecule has 0 heterocycles. The van der Waals surface area contributed by atoms with Crippen molar-refractivity contribution < 1.29 is 0 Å². The number of hydrogen-bond acceptors (Lipinski definition) is 2. The molecule has 1 aromatic rings. The monoisotopic (exact) mass is 262 g/mol. The minimum atomic E-state index is 0.217. The van der Waals surface area contributed by atoms with Gasteiger partial charge in [0, 0.05) is 18.6 Å². The van der Waals surface area contributed by atoms with E-state index in [9.17, 15) is 0 Å². The minimum absolute atomic E-state index is 0.217. The summed E-state index contributed by atoms with van der Waals surface area (Å²) in [6, 6.07) is 7.76. The van der Waals surface area contributed by atoms with Crippen molar-refractivity contribution in [2.45, 2.75) is 59.0 Å². The quantitative estimate of drug-likeness (QED) is 0.848. The Labute approximate surface area is 119 Å². The molecule has 0 aliphatic carbocycles. The molecule has 19 heavy (non-hydrogen) atoms. The van der Waals surface area contributed by atoms with E-state index in [2.05, 4.69) is 70.4 Å². The lowest BCUT2D eigenvalue weighted by atomic mass is 9.84. The Morgan fingerprint density at radius 2 is 1.79 bits per heavy atom. The van der Waals surface area contributed by atoms with Crippen molar-refractivity contribution >= 4 is 0 Å². The second-order valence-electron chi connectivity index (χ2n) is 6.73. The lowest BCUT2D eigenvalue weighted by Gasteiger charge is -2.24. The molecule has 0 amide bonds. The van der Waals surface area contributed by atoms with E-state index in [1.54, 1.807) is 0 Å². The Morgan fingerprint density at radius 1 is 1.16 bits per heavy atom. The lowest BCUT2D eigenvalue weighted by Crippen LogP contribution is -2.33. The molecule has 2 heteroatoms. The fourth-order valence-electron chi connectivity index (χ4n) is 2.25. The van der Waals surface area contributed by atoms with Gasteiger partial charge in [0.2, 0.25) is 0 Å². The second-order valence-corrected chi connectivity index (χ2v) is 6.73. The smallest absolute Gasteiger partial charge is 0.0447 e. The maximum atomic E-state index is 3.50. The highest BCUT2D eigenvalue weighted by Gasteiger charge is 2.17. The number of aryl methyl sites for hydroxylation is 1. The SMILES string of the molecule is CNC(CNC(C)C)c1ccc(C(C)(C)C)cc1C. The van der Waals surface area contributed by atoms with Crippen LogP contribution in [-0.2, 0) is 5.41 Å². The van der Waals surface area contributed by atoms with Gasteiger partial charge in [0.1, 0.15) is 0 Å². The molecule has 0 aliphatic rings. The number of rotatable bonds is 5. The third kappa shape index (κ3) is 4.63. The lowest BCUT2D eigenvalue weighted by molar-refractivity contribution is 0.489. The predicted octanol–water partition coefficient (Wildman–Crippen LogP) is 3.55. The third-order valence-electron chi connectivity index (χ3n) is 3.59. The molecule has 0 aromatic heterocycles. The zero-order chi connectivity index (χ0) is 14.6. The van der Waals surface area contributed by atoms with E-state index in [0.717, 1.165) is 6.54 Å². The maximum absolute atomic E-state index is 3.50. The fraction of sp³-hybridized carbons (Fsp3) is 0.647. The Morgan fingerprint density at radius 3 is 2.21 bits per heavy atom. The van der Waals surface area contributed by atoms with Crippen LogP contribution in [0.25, 0.3) is 0 Å². The van der Waals surface area contributed by atoms with Crippen LogP contribution in [0.2, 0.25) is 0 Å². The van der Waals surface area contributed by atoms with Gasteiger partial charge in [0.05, 0.1) is 0 Å². The summed E-state index contributed by atoms with van der Waals surface area (Å²) in [6.45, 7) is 14.3. The van der Waals surface area contributed by atoms with E-state index in [1.807, 2.05) is 7.05 Å². The Balaban J connectivity index is 2.93. The number of likely N-dealkylation sites (N-methyl/N-ethyl adjacent to an activating group) is 1. The van der Waals surface area contributed by atoms with Crippen LogP contribution >= 0.6 is 0 Å². The minimum Gasteiger partial charge on any atom is -0.313 e. The van der Waals surface area contributed by atoms with Crippen molar-refractivity contribution in [3.63, 3.8) is 0 Å². The highest BCUT2D eigenvalue weighted by molar-refractivity contribution is 5.36. The number of nitrogens with one attached hydrogen (secondary N) is 2. The van der Waals surface area contributed by atoms with E-state index in [-0.39, 0.29) is 5.41 Å². The standard InChI is InChI=1S/C17H30N2/c1-12(2)19-11-16(18-7)15-9-8-14(10-13(15)3)17(4,5)6/h8-10,12,16,18-19H,11H2,1-7H3. The number of benzene rings is 1. The molecule has 0 aliphatic heterocycles. The molecule has 1 unspecified atom stereocenters. The molecule has 2 N–H and O–H groups in total. The van der Waals surface area contributed by atoms with E-state index in [0.29, 0.717) is 12.1 Å². The van der Waals surface area contributed by atoms with Gasteiger partial charge >= 0.3 is 0 Å². The first-order chi connectivity index (χ1) is 8.75. The van der Waals surface area contributed by atoms with Crippen LogP contribution in [0.3, 0.4) is 0 Å². The summed E-state index contributed by atoms with van der Waals surface area (Å²) in [5.41, 5.74) is 4.38. The molecular weight excluding hydrogens is 232 g/mol. The van der Waals surface area contributed by atoms with Gasteiger partial charge in [-0.3, -0.25) is 0 Å². The van der Waals surface area contributed by atoms with Crippen molar-refractivity contribution in [2.24, 2.45) is 0 Å². The van der Waals surface area contributed by atoms with E-state index < -0.39 is 0 Å². The molecular formula is C17H30N2. The molecule has 0 fully saturated rings. The molecule has 1 atom stereocenters. The largest absolute Gasteiger partial charge is 0.313 e. The summed E-state index contributed by atoms with van der Waals surface area (Å²) in [7, 11) is 2.03. The molecule has 2 nitrogen and oxygen atoms in total. The Kier molecular flexibility index (Phi) is 5.57. The summed E-state index contributed by atoms with van der Waals surface area (Å²) < 4.78 is 0. The Bertz CT molecular complexity index is 402. The highest BCUT2D eigenvalue weighted by atomic mass is 15.0. The zero-order valence-electron chi connectivity index (χ0n) is 13.6. The van der Waals surface area contributed by atoms with E-state index in [4.69, 9.17) is 0 Å². The predicted molar refractivity (Wildman–Crippen MR) is 84.8 cm³/mol. The summed E-state index contributed by atoms with van der Waals surface area (Å²) in [6.07, 6.45) is 0. The average molecular weight is 262 g/mol. The zero-order valence-corrected chi connectivity index (χ0v) is 13.6. The van der Waals surface area contributed by atoms with Gasteiger partial charge in [-0.25, -0.2) is 0 Å². The molecule has 0 bridgehead atoms. The van der Waals surface area contributed by atoms with Gasteiger partial charge in [0.25, 0.3) is 0 Å². The van der Waals surface area contributed by atoms with Crippen molar-refractivity contribution in [1.82, 2.24) is 10.6 Å². The van der Waals surface area contributed by atoms with Gasteiger partial charge in [-0.05, 0) is 36.1 Å².